The largest absolute Gasteiger partial charge is 0.459 e. The van der Waals surface area contributed by atoms with Crippen molar-refractivity contribution >= 4 is 11.0 Å². The summed E-state index contributed by atoms with van der Waals surface area (Å²) in [5, 5.41) is 4.28. The zero-order valence-corrected chi connectivity index (χ0v) is 12.3. The normalized spacial score (nSPS) is 14.0. The van der Waals surface area contributed by atoms with Gasteiger partial charge in [-0.25, -0.2) is 4.39 Å². The standard InChI is InChI=1S/C16H22FNO/c1-6-18-15(16(3,4)5)13-9-11-8-12(17)7-10(2)14(11)19-13/h7-9,15,18H,6H2,1-5H3. The van der Waals surface area contributed by atoms with E-state index in [2.05, 4.69) is 33.0 Å². The maximum atomic E-state index is 13.4. The number of fused-ring (bicyclic) bond motifs is 1. The Bertz CT molecular complexity index is 580. The molecule has 104 valence electrons. The minimum Gasteiger partial charge on any atom is -0.459 e. The van der Waals surface area contributed by atoms with Crippen molar-refractivity contribution in [3.05, 3.63) is 35.3 Å². The second-order valence-corrected chi connectivity index (χ2v) is 6.15. The van der Waals surface area contributed by atoms with E-state index in [0.29, 0.717) is 0 Å². The molecular formula is C16H22FNO. The lowest BCUT2D eigenvalue weighted by Crippen LogP contribution is -2.31. The molecule has 0 saturated heterocycles. The molecule has 1 aromatic heterocycles. The minimum absolute atomic E-state index is 0.0380. The first-order chi connectivity index (χ1) is 8.82. The average molecular weight is 263 g/mol. The molecule has 0 aliphatic rings. The summed E-state index contributed by atoms with van der Waals surface area (Å²) in [6.45, 7) is 11.3. The Balaban J connectivity index is 2.52. The summed E-state index contributed by atoms with van der Waals surface area (Å²) in [6.07, 6.45) is 0. The smallest absolute Gasteiger partial charge is 0.137 e. The van der Waals surface area contributed by atoms with Crippen molar-refractivity contribution in [2.45, 2.75) is 40.7 Å². The first kappa shape index (κ1) is 14.1. The molecule has 0 amide bonds. The molecule has 19 heavy (non-hydrogen) atoms. The first-order valence-corrected chi connectivity index (χ1v) is 6.76. The number of rotatable bonds is 3. The van der Waals surface area contributed by atoms with E-state index in [4.69, 9.17) is 4.42 Å². The van der Waals surface area contributed by atoms with E-state index in [1.807, 2.05) is 13.0 Å². The molecule has 0 aliphatic carbocycles. The molecule has 3 heteroatoms. The molecule has 0 radical (unpaired) electrons. The van der Waals surface area contributed by atoms with Crippen LogP contribution in [0.1, 0.15) is 45.1 Å². The van der Waals surface area contributed by atoms with E-state index in [-0.39, 0.29) is 17.3 Å². The summed E-state index contributed by atoms with van der Waals surface area (Å²) < 4.78 is 19.4. The molecule has 1 aromatic carbocycles. The van der Waals surface area contributed by atoms with Crippen LogP contribution in [0, 0.1) is 18.2 Å². The van der Waals surface area contributed by atoms with Crippen LogP contribution >= 0.6 is 0 Å². The van der Waals surface area contributed by atoms with Gasteiger partial charge in [-0.1, -0.05) is 27.7 Å². The van der Waals surface area contributed by atoms with Gasteiger partial charge >= 0.3 is 0 Å². The maximum absolute atomic E-state index is 13.4. The summed E-state index contributed by atoms with van der Waals surface area (Å²) in [7, 11) is 0. The second-order valence-electron chi connectivity index (χ2n) is 6.15. The third kappa shape index (κ3) is 2.81. The lowest BCUT2D eigenvalue weighted by molar-refractivity contribution is 0.244. The van der Waals surface area contributed by atoms with Gasteiger partial charge in [0.1, 0.15) is 17.2 Å². The predicted molar refractivity (Wildman–Crippen MR) is 76.8 cm³/mol. The van der Waals surface area contributed by atoms with Crippen LogP contribution in [0.5, 0.6) is 0 Å². The molecule has 0 fully saturated rings. The van der Waals surface area contributed by atoms with Gasteiger partial charge in [0, 0.05) is 5.39 Å². The van der Waals surface area contributed by atoms with Crippen LogP contribution in [-0.2, 0) is 0 Å². The van der Waals surface area contributed by atoms with Gasteiger partial charge in [-0.3, -0.25) is 0 Å². The molecule has 2 rings (SSSR count). The number of benzene rings is 1. The highest BCUT2D eigenvalue weighted by Gasteiger charge is 2.28. The average Bonchev–Trinajstić information content (AvgIpc) is 2.67. The summed E-state index contributed by atoms with van der Waals surface area (Å²) in [4.78, 5) is 0. The van der Waals surface area contributed by atoms with Crippen molar-refractivity contribution in [3.63, 3.8) is 0 Å². The summed E-state index contributed by atoms with van der Waals surface area (Å²) in [5.74, 6) is 0.658. The number of nitrogens with one attached hydrogen (secondary N) is 1. The molecule has 0 spiro atoms. The number of hydrogen-bond donors (Lipinski definition) is 1. The molecular weight excluding hydrogens is 241 g/mol. The predicted octanol–water partition coefficient (Wildman–Crippen LogP) is 4.58. The summed E-state index contributed by atoms with van der Waals surface area (Å²) in [6, 6.07) is 5.10. The van der Waals surface area contributed by atoms with Crippen LogP contribution in [0.3, 0.4) is 0 Å². The minimum atomic E-state index is -0.215. The van der Waals surface area contributed by atoms with E-state index in [1.54, 1.807) is 0 Å². The first-order valence-electron chi connectivity index (χ1n) is 6.76. The molecule has 0 bridgehead atoms. The topological polar surface area (TPSA) is 25.2 Å². The van der Waals surface area contributed by atoms with E-state index in [0.717, 1.165) is 28.8 Å². The van der Waals surface area contributed by atoms with Crippen molar-refractivity contribution in [2.75, 3.05) is 6.54 Å². The zero-order chi connectivity index (χ0) is 14.2. The fourth-order valence-corrected chi connectivity index (χ4v) is 2.48. The molecule has 1 unspecified atom stereocenters. The van der Waals surface area contributed by atoms with Gasteiger partial charge in [-0.2, -0.15) is 0 Å². The van der Waals surface area contributed by atoms with E-state index in [9.17, 15) is 4.39 Å². The second kappa shape index (κ2) is 4.97. The van der Waals surface area contributed by atoms with Crippen LogP contribution in [-0.4, -0.2) is 6.54 Å². The van der Waals surface area contributed by atoms with Gasteiger partial charge in [-0.15, -0.1) is 0 Å². The Hall–Kier alpha value is -1.35. The van der Waals surface area contributed by atoms with Crippen LogP contribution in [0.15, 0.2) is 22.6 Å². The highest BCUT2D eigenvalue weighted by molar-refractivity contribution is 5.81. The number of hydrogen-bond acceptors (Lipinski definition) is 2. The highest BCUT2D eigenvalue weighted by atomic mass is 19.1. The lowest BCUT2D eigenvalue weighted by Gasteiger charge is -2.29. The Morgan fingerprint density at radius 3 is 2.53 bits per heavy atom. The molecule has 1 N–H and O–H groups in total. The molecule has 2 aromatic rings. The molecule has 1 atom stereocenters. The molecule has 0 saturated carbocycles. The number of halogens is 1. The van der Waals surface area contributed by atoms with Gasteiger partial charge in [0.25, 0.3) is 0 Å². The third-order valence-corrected chi connectivity index (χ3v) is 3.34. The van der Waals surface area contributed by atoms with Crippen molar-refractivity contribution < 1.29 is 8.81 Å². The Morgan fingerprint density at radius 1 is 1.26 bits per heavy atom. The summed E-state index contributed by atoms with van der Waals surface area (Å²) >= 11 is 0. The van der Waals surface area contributed by atoms with Gasteiger partial charge in [0.2, 0.25) is 0 Å². The van der Waals surface area contributed by atoms with Crippen molar-refractivity contribution in [1.82, 2.24) is 5.32 Å². The molecule has 0 aliphatic heterocycles. The number of furan rings is 1. The third-order valence-electron chi connectivity index (χ3n) is 3.34. The lowest BCUT2D eigenvalue weighted by atomic mass is 9.85. The van der Waals surface area contributed by atoms with Crippen molar-refractivity contribution in [3.8, 4) is 0 Å². The van der Waals surface area contributed by atoms with Crippen LogP contribution in [0.2, 0.25) is 0 Å². The van der Waals surface area contributed by atoms with Gasteiger partial charge in [-0.05, 0) is 42.6 Å². The van der Waals surface area contributed by atoms with Crippen LogP contribution in [0.25, 0.3) is 11.0 Å². The van der Waals surface area contributed by atoms with Crippen molar-refractivity contribution in [1.29, 1.82) is 0 Å². The fraction of sp³-hybridized carbons (Fsp3) is 0.500. The Morgan fingerprint density at radius 2 is 1.95 bits per heavy atom. The SMILES string of the molecule is CCNC(c1cc2cc(F)cc(C)c2o1)C(C)(C)C. The van der Waals surface area contributed by atoms with E-state index in [1.165, 1.54) is 12.1 Å². The van der Waals surface area contributed by atoms with E-state index >= 15 is 0 Å². The fourth-order valence-electron chi connectivity index (χ4n) is 2.48. The Kier molecular flexibility index (Phi) is 3.68. The van der Waals surface area contributed by atoms with Crippen LogP contribution in [0.4, 0.5) is 4.39 Å². The zero-order valence-electron chi connectivity index (χ0n) is 12.3. The van der Waals surface area contributed by atoms with Gasteiger partial charge in [0.15, 0.2) is 0 Å². The van der Waals surface area contributed by atoms with Crippen molar-refractivity contribution in [2.24, 2.45) is 5.41 Å². The number of aryl methyl sites for hydroxylation is 1. The Labute approximate surface area is 114 Å². The molecule has 1 heterocycles. The molecule has 2 nitrogen and oxygen atoms in total. The quantitative estimate of drug-likeness (QED) is 0.877. The maximum Gasteiger partial charge on any atom is 0.137 e. The van der Waals surface area contributed by atoms with Gasteiger partial charge in [0.05, 0.1) is 6.04 Å². The van der Waals surface area contributed by atoms with Crippen LogP contribution < -0.4 is 5.32 Å². The summed E-state index contributed by atoms with van der Waals surface area (Å²) in [5.41, 5.74) is 1.66. The monoisotopic (exact) mass is 263 g/mol. The van der Waals surface area contributed by atoms with Gasteiger partial charge < -0.3 is 9.73 Å². The van der Waals surface area contributed by atoms with E-state index < -0.39 is 0 Å². The highest BCUT2D eigenvalue weighted by Crippen LogP contribution is 2.36.